The smallest absolute Gasteiger partial charge is 0.476 e. The van der Waals surface area contributed by atoms with Crippen LogP contribution in [-0.4, -0.2) is 100 Å². The van der Waals surface area contributed by atoms with Gasteiger partial charge >= 0.3 is 20.1 Å². The molecule has 44 heavy (non-hydrogen) atoms. The van der Waals surface area contributed by atoms with Gasteiger partial charge < -0.3 is 45.0 Å². The van der Waals surface area contributed by atoms with Crippen LogP contribution in [0.3, 0.4) is 0 Å². The van der Waals surface area contributed by atoms with Crippen LogP contribution in [0.15, 0.2) is 6.33 Å². The van der Waals surface area contributed by atoms with E-state index in [9.17, 15) is 19.3 Å². The van der Waals surface area contributed by atoms with E-state index in [1.807, 2.05) is 0 Å². The number of nitrogens with zero attached hydrogens (tertiary/aromatic N) is 4. The molecule has 0 amide bonds. The lowest BCUT2D eigenvalue weighted by molar-refractivity contribution is -0.124. The summed E-state index contributed by atoms with van der Waals surface area (Å²) in [4.78, 5) is 35.6. The average Bonchev–Trinajstić information content (AvgIpc) is 3.46. The number of carbonyl (C=O) groups excluding carboxylic acids is 2. The minimum atomic E-state index is -4.80. The van der Waals surface area contributed by atoms with Gasteiger partial charge in [0.05, 0.1) is 31.7 Å². The Bertz CT molecular complexity index is 1300. The standard InChI is InChI=1S/C23H36FN6O13P/c1-6-35-18-15-17(28-20(26)29-18)30(9-27-15)19-14(24)16(31)23(7-25,43-19)8-38-44(34,39-10-36-21(32)41-12(2)3)40-11-37-22(33)42-13(4)5/h9,12-14,16,19,31H,6-8,10-11,25H2,1-5H3,(H2,26,28,29)/t14-,16+,19?,23-/m1/s1. The summed E-state index contributed by atoms with van der Waals surface area (Å²) in [5, 5.41) is 10.9. The maximum absolute atomic E-state index is 15.6. The lowest BCUT2D eigenvalue weighted by Gasteiger charge is -2.31. The number of nitrogens with two attached hydrogens (primary N) is 2. The molecule has 2 aromatic heterocycles. The number of nitrogen functional groups attached to an aromatic ring is 1. The van der Waals surface area contributed by atoms with Crippen molar-refractivity contribution in [3.8, 4) is 5.88 Å². The van der Waals surface area contributed by atoms with Crippen LogP contribution in [0.5, 0.6) is 5.88 Å². The van der Waals surface area contributed by atoms with Gasteiger partial charge in [0.25, 0.3) is 0 Å². The molecule has 19 nitrogen and oxygen atoms in total. The van der Waals surface area contributed by atoms with Crippen LogP contribution in [0.25, 0.3) is 11.2 Å². The number of anilines is 1. The Balaban J connectivity index is 1.79. The number of ether oxygens (including phenoxy) is 6. The van der Waals surface area contributed by atoms with E-state index in [2.05, 4.69) is 24.4 Å². The number of aromatic nitrogens is 4. The van der Waals surface area contributed by atoms with Crippen LogP contribution >= 0.6 is 7.82 Å². The molecule has 0 bridgehead atoms. The van der Waals surface area contributed by atoms with Gasteiger partial charge in [-0.25, -0.2) is 32.6 Å². The molecule has 0 aromatic carbocycles. The van der Waals surface area contributed by atoms with Crippen molar-refractivity contribution in [2.24, 2.45) is 5.73 Å². The van der Waals surface area contributed by atoms with E-state index >= 15 is 4.39 Å². The van der Waals surface area contributed by atoms with E-state index in [0.29, 0.717) is 0 Å². The molecule has 1 unspecified atom stereocenters. The number of phosphoric acid groups is 1. The van der Waals surface area contributed by atoms with E-state index in [1.165, 1.54) is 6.33 Å². The number of halogens is 1. The van der Waals surface area contributed by atoms with Gasteiger partial charge in [-0.05, 0) is 34.6 Å². The average molecular weight is 655 g/mol. The van der Waals surface area contributed by atoms with Gasteiger partial charge in [-0.3, -0.25) is 9.09 Å². The Hall–Kier alpha value is -3.39. The summed E-state index contributed by atoms with van der Waals surface area (Å²) >= 11 is 0. The number of hydrogen-bond donors (Lipinski definition) is 3. The van der Waals surface area contributed by atoms with Gasteiger partial charge in [0.2, 0.25) is 25.4 Å². The number of imidazole rings is 1. The molecule has 2 aromatic rings. The molecule has 0 saturated carbocycles. The van der Waals surface area contributed by atoms with Crippen LogP contribution in [0, 0.1) is 0 Å². The van der Waals surface area contributed by atoms with E-state index in [-0.39, 0.29) is 29.6 Å². The predicted molar refractivity (Wildman–Crippen MR) is 145 cm³/mol. The fourth-order valence-corrected chi connectivity index (χ4v) is 4.70. The minimum absolute atomic E-state index is 0.0303. The second-order valence-corrected chi connectivity index (χ2v) is 11.3. The van der Waals surface area contributed by atoms with Crippen LogP contribution in [0.4, 0.5) is 19.9 Å². The van der Waals surface area contributed by atoms with E-state index < -0.39 is 83.2 Å². The summed E-state index contributed by atoms with van der Waals surface area (Å²) in [5.41, 5.74) is 9.78. The first-order chi connectivity index (χ1) is 20.7. The molecule has 1 aliphatic rings. The monoisotopic (exact) mass is 654 g/mol. The zero-order valence-corrected chi connectivity index (χ0v) is 25.5. The van der Waals surface area contributed by atoms with Crippen LogP contribution in [0.1, 0.15) is 40.8 Å². The molecule has 3 heterocycles. The Morgan fingerprint density at radius 1 is 1.11 bits per heavy atom. The first kappa shape index (κ1) is 35.1. The molecule has 1 saturated heterocycles. The third kappa shape index (κ3) is 8.62. The molecule has 0 spiro atoms. The number of aliphatic hydroxyl groups excluding tert-OH is 1. The van der Waals surface area contributed by atoms with Crippen molar-refractivity contribution in [2.75, 3.05) is 39.1 Å². The van der Waals surface area contributed by atoms with E-state index in [1.54, 1.807) is 34.6 Å². The van der Waals surface area contributed by atoms with Crippen molar-refractivity contribution < 1.29 is 65.6 Å². The third-order valence-corrected chi connectivity index (χ3v) is 6.97. The van der Waals surface area contributed by atoms with E-state index in [4.69, 9.17) is 44.0 Å². The Kier molecular flexibility index (Phi) is 12.0. The predicted octanol–water partition coefficient (Wildman–Crippen LogP) is 1.93. The van der Waals surface area contributed by atoms with Crippen molar-refractivity contribution in [1.82, 2.24) is 19.5 Å². The number of aliphatic hydroxyl groups is 1. The number of rotatable bonds is 15. The van der Waals surface area contributed by atoms with Gasteiger partial charge in [-0.1, -0.05) is 0 Å². The maximum Gasteiger partial charge on any atom is 0.510 e. The number of hydrogen-bond acceptors (Lipinski definition) is 18. The maximum atomic E-state index is 15.6. The summed E-state index contributed by atoms with van der Waals surface area (Å²) in [7, 11) is -4.80. The SMILES string of the molecule is CCOc1nc(N)nc2c1ncn2C1O[C@](CN)(COP(=O)(OCOC(=O)OC(C)C)OCOC(=O)OC(C)C)[C@@H](O)[C@H]1F. The fraction of sp³-hybridized carbons (Fsp3) is 0.696. The summed E-state index contributed by atoms with van der Waals surface area (Å²) in [6, 6.07) is 0. The molecule has 21 heteroatoms. The quantitative estimate of drug-likeness (QED) is 0.141. The summed E-state index contributed by atoms with van der Waals surface area (Å²) in [5.74, 6) is -0.148. The number of carbonyl (C=O) groups is 2. The summed E-state index contributed by atoms with van der Waals surface area (Å²) in [6.07, 6.45) is -7.88. The minimum Gasteiger partial charge on any atom is -0.476 e. The lowest BCUT2D eigenvalue weighted by atomic mass is 9.97. The molecular weight excluding hydrogens is 618 g/mol. The van der Waals surface area contributed by atoms with Crippen molar-refractivity contribution in [3.05, 3.63) is 6.33 Å². The third-order valence-electron chi connectivity index (χ3n) is 5.68. The zero-order chi connectivity index (χ0) is 32.7. The van der Waals surface area contributed by atoms with Gasteiger partial charge in [0.15, 0.2) is 23.6 Å². The first-order valence-corrected chi connectivity index (χ1v) is 14.7. The molecule has 4 atom stereocenters. The highest BCUT2D eigenvalue weighted by Crippen LogP contribution is 2.51. The number of phosphoric ester groups is 1. The highest BCUT2D eigenvalue weighted by atomic mass is 31.2. The molecule has 5 N–H and O–H groups in total. The first-order valence-electron chi connectivity index (χ1n) is 13.3. The normalized spacial score (nSPS) is 22.0. The number of fused-ring (bicyclic) bond motifs is 1. The highest BCUT2D eigenvalue weighted by molar-refractivity contribution is 7.48. The highest BCUT2D eigenvalue weighted by Gasteiger charge is 2.57. The zero-order valence-electron chi connectivity index (χ0n) is 24.6. The summed E-state index contributed by atoms with van der Waals surface area (Å²) in [6.45, 7) is 4.72. The van der Waals surface area contributed by atoms with Crippen LogP contribution in [-0.2, 0) is 41.8 Å². The van der Waals surface area contributed by atoms with Crippen molar-refractivity contribution >= 4 is 37.2 Å². The van der Waals surface area contributed by atoms with Crippen molar-refractivity contribution in [3.63, 3.8) is 0 Å². The van der Waals surface area contributed by atoms with Crippen LogP contribution < -0.4 is 16.2 Å². The molecule has 1 fully saturated rings. The fourth-order valence-electron chi connectivity index (χ4n) is 3.74. The molecule has 0 aliphatic carbocycles. The molecule has 3 rings (SSSR count). The Morgan fingerprint density at radius 3 is 2.23 bits per heavy atom. The van der Waals surface area contributed by atoms with Crippen LogP contribution in [0.2, 0.25) is 0 Å². The Labute approximate surface area is 250 Å². The summed E-state index contributed by atoms with van der Waals surface area (Å²) < 4.78 is 75.6. The topological polar surface area (TPSA) is 250 Å². The van der Waals surface area contributed by atoms with Gasteiger partial charge in [0.1, 0.15) is 11.7 Å². The number of alkyl halides is 1. The van der Waals surface area contributed by atoms with Gasteiger partial charge in [-0.2, -0.15) is 9.97 Å². The largest absolute Gasteiger partial charge is 0.510 e. The van der Waals surface area contributed by atoms with Gasteiger partial charge in [0, 0.05) is 6.54 Å². The Morgan fingerprint density at radius 2 is 1.70 bits per heavy atom. The lowest BCUT2D eigenvalue weighted by Crippen LogP contribution is -2.51. The molecule has 0 radical (unpaired) electrons. The van der Waals surface area contributed by atoms with Crippen molar-refractivity contribution in [2.45, 2.75) is 70.9 Å². The van der Waals surface area contributed by atoms with E-state index in [0.717, 1.165) is 4.57 Å². The second kappa shape index (κ2) is 15.1. The van der Waals surface area contributed by atoms with Crippen molar-refractivity contribution in [1.29, 1.82) is 0 Å². The second-order valence-electron chi connectivity index (χ2n) is 9.65. The molecular formula is C23H36FN6O13P. The van der Waals surface area contributed by atoms with Gasteiger partial charge in [-0.15, -0.1) is 0 Å². The molecule has 1 aliphatic heterocycles. The molecule has 248 valence electrons.